The zero-order valence-electron chi connectivity index (χ0n) is 14.0. The van der Waals surface area contributed by atoms with Gasteiger partial charge in [0.15, 0.2) is 0 Å². The van der Waals surface area contributed by atoms with E-state index in [1.54, 1.807) is 12.4 Å². The average molecular weight is 347 g/mol. The summed E-state index contributed by atoms with van der Waals surface area (Å²) in [7, 11) is 0. The van der Waals surface area contributed by atoms with Gasteiger partial charge in [-0.1, -0.05) is 38.1 Å². The minimum atomic E-state index is -0.118. The predicted molar refractivity (Wildman–Crippen MR) is 103 cm³/mol. The minimum absolute atomic E-state index is 0.118. The van der Waals surface area contributed by atoms with Gasteiger partial charge in [0, 0.05) is 28.9 Å². The molecule has 0 fully saturated rings. The molecule has 1 N–H and O–H groups in total. The molecule has 0 unspecified atom stereocenters. The van der Waals surface area contributed by atoms with E-state index in [0.717, 1.165) is 21.5 Å². The first-order valence-electron chi connectivity index (χ1n) is 8.15. The van der Waals surface area contributed by atoms with Crippen LogP contribution in [0, 0.1) is 0 Å². The smallest absolute Gasteiger partial charge is 0.260 e. The van der Waals surface area contributed by atoms with E-state index in [9.17, 15) is 4.79 Å². The molecular formula is C20H17N3OS. The molecule has 25 heavy (non-hydrogen) atoms. The number of thiophene rings is 1. The molecule has 4 aromatic rings. The molecule has 1 aromatic carbocycles. The van der Waals surface area contributed by atoms with Crippen molar-refractivity contribution in [3.05, 3.63) is 70.1 Å². The first kappa shape index (κ1) is 15.7. The van der Waals surface area contributed by atoms with Crippen LogP contribution >= 0.6 is 11.3 Å². The second kappa shape index (κ2) is 6.26. The van der Waals surface area contributed by atoms with Crippen LogP contribution in [-0.2, 0) is 0 Å². The Balaban J connectivity index is 1.83. The SMILES string of the molecule is CC(C)c1ccc(-c2csc3nc(-c4cccnc4)[nH]c(=O)c23)cc1. The zero-order chi connectivity index (χ0) is 17.4. The Morgan fingerprint density at radius 2 is 1.88 bits per heavy atom. The summed E-state index contributed by atoms with van der Waals surface area (Å²) in [5.74, 6) is 1.04. The number of nitrogens with zero attached hydrogens (tertiary/aromatic N) is 2. The second-order valence-corrected chi connectivity index (χ2v) is 7.12. The summed E-state index contributed by atoms with van der Waals surface area (Å²) in [6.45, 7) is 4.34. The van der Waals surface area contributed by atoms with E-state index < -0.39 is 0 Å². The molecule has 0 aliphatic carbocycles. The molecule has 0 aliphatic rings. The van der Waals surface area contributed by atoms with E-state index in [1.807, 2.05) is 17.5 Å². The fraction of sp³-hybridized carbons (Fsp3) is 0.150. The standard InChI is InChI=1S/C20H17N3OS/c1-12(2)13-5-7-14(8-6-13)16-11-25-20-17(16)19(24)22-18(23-20)15-4-3-9-21-10-15/h3-12H,1-2H3,(H,22,23,24). The van der Waals surface area contributed by atoms with Crippen LogP contribution in [0.1, 0.15) is 25.3 Å². The third-order valence-corrected chi connectivity index (χ3v) is 5.14. The van der Waals surface area contributed by atoms with Crippen molar-refractivity contribution in [3.63, 3.8) is 0 Å². The van der Waals surface area contributed by atoms with Gasteiger partial charge in [-0.05, 0) is 29.2 Å². The maximum Gasteiger partial charge on any atom is 0.260 e. The molecule has 3 heterocycles. The van der Waals surface area contributed by atoms with E-state index in [1.165, 1.54) is 16.9 Å². The highest BCUT2D eigenvalue weighted by Crippen LogP contribution is 2.32. The second-order valence-electron chi connectivity index (χ2n) is 6.26. The van der Waals surface area contributed by atoms with Gasteiger partial charge in [-0.2, -0.15) is 0 Å². The molecule has 0 saturated heterocycles. The number of aromatic amines is 1. The van der Waals surface area contributed by atoms with Gasteiger partial charge in [0.1, 0.15) is 10.7 Å². The van der Waals surface area contributed by atoms with Crippen molar-refractivity contribution in [3.8, 4) is 22.5 Å². The predicted octanol–water partition coefficient (Wildman–Crippen LogP) is 4.84. The molecular weight excluding hydrogens is 330 g/mol. The number of hydrogen-bond donors (Lipinski definition) is 1. The summed E-state index contributed by atoms with van der Waals surface area (Å²) in [4.78, 5) is 25.0. The van der Waals surface area contributed by atoms with Gasteiger partial charge in [0.2, 0.25) is 0 Å². The highest BCUT2D eigenvalue weighted by atomic mass is 32.1. The van der Waals surface area contributed by atoms with Gasteiger partial charge < -0.3 is 4.98 Å². The Hall–Kier alpha value is -2.79. The number of hydrogen-bond acceptors (Lipinski definition) is 4. The molecule has 0 radical (unpaired) electrons. The lowest BCUT2D eigenvalue weighted by atomic mass is 9.99. The molecule has 0 aliphatic heterocycles. The molecule has 0 spiro atoms. The summed E-state index contributed by atoms with van der Waals surface area (Å²) in [5.41, 5.74) is 3.94. The number of benzene rings is 1. The Bertz CT molecular complexity index is 1080. The summed E-state index contributed by atoms with van der Waals surface area (Å²) in [6.07, 6.45) is 3.40. The molecule has 4 rings (SSSR count). The molecule has 4 nitrogen and oxygen atoms in total. The van der Waals surface area contributed by atoms with Crippen LogP contribution in [0.4, 0.5) is 0 Å². The molecule has 0 bridgehead atoms. The van der Waals surface area contributed by atoms with Crippen molar-refractivity contribution in [2.24, 2.45) is 0 Å². The van der Waals surface area contributed by atoms with Crippen molar-refractivity contribution in [2.45, 2.75) is 19.8 Å². The number of pyridine rings is 1. The third-order valence-electron chi connectivity index (χ3n) is 4.27. The quantitative estimate of drug-likeness (QED) is 0.577. The van der Waals surface area contributed by atoms with Crippen molar-refractivity contribution in [1.82, 2.24) is 15.0 Å². The Morgan fingerprint density at radius 3 is 2.56 bits per heavy atom. The summed E-state index contributed by atoms with van der Waals surface area (Å²) in [6, 6.07) is 12.1. The third kappa shape index (κ3) is 2.87. The van der Waals surface area contributed by atoms with Crippen LogP contribution in [0.2, 0.25) is 0 Å². The van der Waals surface area contributed by atoms with E-state index >= 15 is 0 Å². The highest BCUT2D eigenvalue weighted by molar-refractivity contribution is 7.17. The first-order valence-corrected chi connectivity index (χ1v) is 9.03. The van der Waals surface area contributed by atoms with Crippen LogP contribution in [0.15, 0.2) is 59.0 Å². The maximum atomic E-state index is 12.7. The van der Waals surface area contributed by atoms with E-state index in [0.29, 0.717) is 17.1 Å². The van der Waals surface area contributed by atoms with Gasteiger partial charge in [-0.15, -0.1) is 11.3 Å². The van der Waals surface area contributed by atoms with E-state index in [4.69, 9.17) is 0 Å². The lowest BCUT2D eigenvalue weighted by Crippen LogP contribution is -2.09. The largest absolute Gasteiger partial charge is 0.306 e. The van der Waals surface area contributed by atoms with Crippen molar-refractivity contribution in [1.29, 1.82) is 0 Å². The highest BCUT2D eigenvalue weighted by Gasteiger charge is 2.14. The molecule has 0 amide bonds. The number of H-pyrrole nitrogens is 1. The Kier molecular flexibility index (Phi) is 3.93. The van der Waals surface area contributed by atoms with Crippen molar-refractivity contribution >= 4 is 21.6 Å². The van der Waals surface area contributed by atoms with Crippen LogP contribution in [-0.4, -0.2) is 15.0 Å². The van der Waals surface area contributed by atoms with E-state index in [-0.39, 0.29) is 5.56 Å². The van der Waals surface area contributed by atoms with Crippen LogP contribution < -0.4 is 5.56 Å². The summed E-state index contributed by atoms with van der Waals surface area (Å²) in [5, 5.41) is 2.65. The van der Waals surface area contributed by atoms with Gasteiger partial charge in [-0.3, -0.25) is 9.78 Å². The lowest BCUT2D eigenvalue weighted by molar-refractivity contribution is 0.867. The molecule has 5 heteroatoms. The fourth-order valence-corrected chi connectivity index (χ4v) is 3.80. The Labute approximate surface area is 149 Å². The summed E-state index contributed by atoms with van der Waals surface area (Å²) >= 11 is 1.49. The van der Waals surface area contributed by atoms with E-state index in [2.05, 4.69) is 53.1 Å². The normalized spacial score (nSPS) is 11.3. The van der Waals surface area contributed by atoms with Crippen LogP contribution in [0.3, 0.4) is 0 Å². The maximum absolute atomic E-state index is 12.7. The Morgan fingerprint density at radius 1 is 1.08 bits per heavy atom. The zero-order valence-corrected chi connectivity index (χ0v) is 14.8. The fourth-order valence-electron chi connectivity index (χ4n) is 2.85. The molecule has 3 aromatic heterocycles. The first-order chi connectivity index (χ1) is 12.1. The molecule has 0 atom stereocenters. The van der Waals surface area contributed by atoms with Gasteiger partial charge >= 0.3 is 0 Å². The molecule has 124 valence electrons. The lowest BCUT2D eigenvalue weighted by Gasteiger charge is -2.06. The van der Waals surface area contributed by atoms with Crippen molar-refractivity contribution in [2.75, 3.05) is 0 Å². The van der Waals surface area contributed by atoms with Gasteiger partial charge in [0.25, 0.3) is 5.56 Å². The number of rotatable bonds is 3. The van der Waals surface area contributed by atoms with Gasteiger partial charge in [0.05, 0.1) is 5.39 Å². The van der Waals surface area contributed by atoms with Crippen LogP contribution in [0.5, 0.6) is 0 Å². The minimum Gasteiger partial charge on any atom is -0.306 e. The average Bonchev–Trinajstić information content (AvgIpc) is 3.07. The summed E-state index contributed by atoms with van der Waals surface area (Å²) < 4.78 is 0. The van der Waals surface area contributed by atoms with Crippen molar-refractivity contribution < 1.29 is 0 Å². The number of fused-ring (bicyclic) bond motifs is 1. The monoisotopic (exact) mass is 347 g/mol. The van der Waals surface area contributed by atoms with Gasteiger partial charge in [-0.25, -0.2) is 4.98 Å². The molecule has 0 saturated carbocycles. The topological polar surface area (TPSA) is 58.6 Å². The number of nitrogens with one attached hydrogen (secondary N) is 1. The van der Waals surface area contributed by atoms with Crippen LogP contribution in [0.25, 0.3) is 32.7 Å². The number of aromatic nitrogens is 3.